The lowest BCUT2D eigenvalue weighted by Crippen LogP contribution is -2.26. The van der Waals surface area contributed by atoms with E-state index in [2.05, 4.69) is 9.71 Å². The van der Waals surface area contributed by atoms with Crippen LogP contribution in [0.5, 0.6) is 0 Å². The third-order valence-electron chi connectivity index (χ3n) is 3.79. The minimum atomic E-state index is -1.69. The van der Waals surface area contributed by atoms with E-state index in [-0.39, 0.29) is 11.6 Å². The van der Waals surface area contributed by atoms with Crippen LogP contribution in [-0.4, -0.2) is 28.3 Å². The van der Waals surface area contributed by atoms with Crippen LogP contribution in [0, 0.1) is 10.1 Å². The molecule has 3 aromatic rings. The van der Waals surface area contributed by atoms with Gasteiger partial charge in [0.1, 0.15) is 5.52 Å². The van der Waals surface area contributed by atoms with Crippen LogP contribution in [0.15, 0.2) is 59.6 Å². The number of nitro groups is 1. The number of nitrogens with one attached hydrogen (secondary N) is 2. The van der Waals surface area contributed by atoms with Gasteiger partial charge in [0.05, 0.1) is 4.92 Å². The van der Waals surface area contributed by atoms with Crippen LogP contribution in [-0.2, 0) is 0 Å². The Labute approximate surface area is 140 Å². The minimum absolute atomic E-state index is 0.0309. The molecule has 0 atom stereocenters. The van der Waals surface area contributed by atoms with Gasteiger partial charge in [-0.2, -0.15) is 0 Å². The van der Waals surface area contributed by atoms with Crippen molar-refractivity contribution in [2.45, 2.75) is 4.90 Å². The molecule has 0 bridgehead atoms. The van der Waals surface area contributed by atoms with Crippen LogP contribution in [0.25, 0.3) is 10.9 Å². The Morgan fingerprint density at radius 2 is 1.83 bits per heavy atom. The number of benzene rings is 2. The number of hydrogen-bond donors (Lipinski definition) is 2. The van der Waals surface area contributed by atoms with Gasteiger partial charge in [0, 0.05) is 28.1 Å². The molecule has 0 saturated heterocycles. The zero-order valence-electron chi connectivity index (χ0n) is 13.3. The molecule has 1 heterocycles. The number of rotatable bonds is 4. The highest BCUT2D eigenvalue weighted by Gasteiger charge is 2.24. The van der Waals surface area contributed by atoms with Crippen LogP contribution in [0.1, 0.15) is 10.4 Å². The molecule has 0 unspecified atom stereocenters. The van der Waals surface area contributed by atoms with Gasteiger partial charge in [-0.15, -0.1) is 10.2 Å². The molecule has 124 valence electrons. The fourth-order valence-corrected chi connectivity index (χ4v) is 4.39. The Morgan fingerprint density at radius 1 is 1.12 bits per heavy atom. The van der Waals surface area contributed by atoms with Crippen LogP contribution in [0.2, 0.25) is 0 Å². The Balaban J connectivity index is 1.98. The van der Waals surface area contributed by atoms with Gasteiger partial charge in [0.2, 0.25) is 0 Å². The van der Waals surface area contributed by atoms with Crippen molar-refractivity contribution in [2.75, 3.05) is 12.5 Å². The maximum absolute atomic E-state index is 12.5. The summed E-state index contributed by atoms with van der Waals surface area (Å²) in [6.07, 6.45) is 5.66. The summed E-state index contributed by atoms with van der Waals surface area (Å²) in [5.41, 5.74) is 1.10. The monoisotopic (exact) mass is 343 g/mol. The van der Waals surface area contributed by atoms with Crippen LogP contribution < -0.4 is 4.72 Å². The van der Waals surface area contributed by atoms with Crippen molar-refractivity contribution in [1.82, 2.24) is 9.71 Å². The molecule has 0 radical (unpaired) electrons. The second-order valence-electron chi connectivity index (χ2n) is 5.73. The topological polar surface area (TPSA) is 88.0 Å². The third kappa shape index (κ3) is 2.85. The number of para-hydroxylation sites is 1. The number of aromatic amines is 1. The standard InChI is InChI=1S/C17H17N3O3S/c1-24(2,19-17(21)12-7-4-3-5-8-12)15-11-18-16-13(15)9-6-10-14(16)20(22)23/h3-11,18H,1-2H3,(H,19,21). The highest BCUT2D eigenvalue weighted by atomic mass is 32.3. The minimum Gasteiger partial charge on any atom is -0.354 e. The smallest absolute Gasteiger partial charge is 0.293 e. The van der Waals surface area contributed by atoms with Crippen molar-refractivity contribution >= 4 is 32.7 Å². The van der Waals surface area contributed by atoms with E-state index in [1.807, 2.05) is 36.8 Å². The lowest BCUT2D eigenvalue weighted by molar-refractivity contribution is -0.383. The maximum atomic E-state index is 12.5. The Kier molecular flexibility index (Phi) is 4.02. The predicted octanol–water partition coefficient (Wildman–Crippen LogP) is 3.84. The Morgan fingerprint density at radius 3 is 2.50 bits per heavy atom. The fourth-order valence-electron chi connectivity index (χ4n) is 2.62. The molecule has 0 spiro atoms. The highest BCUT2D eigenvalue weighted by molar-refractivity contribution is 8.31. The van der Waals surface area contributed by atoms with E-state index in [1.54, 1.807) is 24.4 Å². The first-order valence-corrected chi connectivity index (χ1v) is 9.70. The number of aromatic nitrogens is 1. The summed E-state index contributed by atoms with van der Waals surface area (Å²) < 4.78 is 3.07. The van der Waals surface area contributed by atoms with Crippen LogP contribution in [0.4, 0.5) is 5.69 Å². The molecular formula is C17H17N3O3S. The van der Waals surface area contributed by atoms with Crippen LogP contribution in [0.3, 0.4) is 0 Å². The number of nitrogens with zero attached hydrogens (tertiary/aromatic N) is 1. The van der Waals surface area contributed by atoms with Gasteiger partial charge in [0.25, 0.3) is 11.6 Å². The SMILES string of the molecule is CS(C)(NC(=O)c1ccccc1)c1c[nH]c2c([N+](=O)[O-])cccc12. The van der Waals surface area contributed by atoms with E-state index in [9.17, 15) is 14.9 Å². The van der Waals surface area contributed by atoms with Crippen LogP contribution >= 0.6 is 10.2 Å². The molecule has 0 aliphatic heterocycles. The molecular weight excluding hydrogens is 326 g/mol. The van der Waals surface area contributed by atoms with E-state index in [4.69, 9.17) is 0 Å². The van der Waals surface area contributed by atoms with E-state index < -0.39 is 15.1 Å². The summed E-state index contributed by atoms with van der Waals surface area (Å²) in [4.78, 5) is 27.1. The average Bonchev–Trinajstić information content (AvgIpc) is 3.00. The third-order valence-corrected chi connectivity index (χ3v) is 5.92. The molecule has 24 heavy (non-hydrogen) atoms. The number of fused-ring (bicyclic) bond motifs is 1. The summed E-state index contributed by atoms with van der Waals surface area (Å²) in [6, 6.07) is 13.9. The van der Waals surface area contributed by atoms with Crippen molar-refractivity contribution in [1.29, 1.82) is 0 Å². The summed E-state index contributed by atoms with van der Waals surface area (Å²) >= 11 is 0. The molecule has 3 rings (SSSR count). The summed E-state index contributed by atoms with van der Waals surface area (Å²) in [6.45, 7) is 0. The number of carbonyl (C=O) groups is 1. The maximum Gasteiger partial charge on any atom is 0.293 e. The first-order chi connectivity index (χ1) is 11.4. The number of amides is 1. The molecule has 0 saturated carbocycles. The van der Waals surface area contributed by atoms with E-state index in [0.717, 1.165) is 10.3 Å². The second-order valence-corrected chi connectivity index (χ2v) is 9.03. The van der Waals surface area contributed by atoms with Gasteiger partial charge >= 0.3 is 0 Å². The molecule has 0 fully saturated rings. The van der Waals surface area contributed by atoms with Gasteiger partial charge in [0.15, 0.2) is 0 Å². The van der Waals surface area contributed by atoms with Gasteiger partial charge in [-0.1, -0.05) is 30.3 Å². The van der Waals surface area contributed by atoms with Crippen molar-refractivity contribution in [3.05, 3.63) is 70.4 Å². The Hall–Kier alpha value is -2.80. The molecule has 0 aliphatic carbocycles. The number of nitro benzene ring substituents is 1. The molecule has 1 amide bonds. The fraction of sp³-hybridized carbons (Fsp3) is 0.118. The zero-order chi connectivity index (χ0) is 17.3. The van der Waals surface area contributed by atoms with Crippen molar-refractivity contribution in [2.24, 2.45) is 0 Å². The first kappa shape index (κ1) is 16.1. The van der Waals surface area contributed by atoms with Crippen molar-refractivity contribution < 1.29 is 9.72 Å². The quantitative estimate of drug-likeness (QED) is 0.557. The van der Waals surface area contributed by atoms with E-state index in [1.165, 1.54) is 6.07 Å². The largest absolute Gasteiger partial charge is 0.354 e. The second kappa shape index (κ2) is 6.01. The first-order valence-electron chi connectivity index (χ1n) is 7.25. The summed E-state index contributed by atoms with van der Waals surface area (Å²) in [5.74, 6) is -0.157. The number of H-pyrrole nitrogens is 1. The molecule has 2 N–H and O–H groups in total. The van der Waals surface area contributed by atoms with E-state index >= 15 is 0 Å². The predicted molar refractivity (Wildman–Crippen MR) is 96.6 cm³/mol. The molecule has 2 aromatic carbocycles. The molecule has 6 nitrogen and oxygen atoms in total. The summed E-state index contributed by atoms with van der Waals surface area (Å²) in [7, 11) is -1.69. The molecule has 0 aliphatic rings. The van der Waals surface area contributed by atoms with Gasteiger partial charge in [-0.3, -0.25) is 14.9 Å². The van der Waals surface area contributed by atoms with Gasteiger partial charge in [-0.05, 0) is 24.6 Å². The zero-order valence-corrected chi connectivity index (χ0v) is 14.1. The summed E-state index contributed by atoms with van der Waals surface area (Å²) in [5, 5.41) is 11.9. The number of carbonyl (C=O) groups excluding carboxylic acids is 1. The lowest BCUT2D eigenvalue weighted by Gasteiger charge is -2.32. The lowest BCUT2D eigenvalue weighted by atomic mass is 10.2. The van der Waals surface area contributed by atoms with E-state index in [0.29, 0.717) is 11.1 Å². The van der Waals surface area contributed by atoms with Crippen molar-refractivity contribution in [3.8, 4) is 0 Å². The number of non-ortho nitro benzene ring substituents is 1. The van der Waals surface area contributed by atoms with Crippen molar-refractivity contribution in [3.63, 3.8) is 0 Å². The normalized spacial score (nSPS) is 12.1. The number of hydrogen-bond acceptors (Lipinski definition) is 3. The molecule has 1 aromatic heterocycles. The average molecular weight is 343 g/mol. The molecule has 7 heteroatoms. The van der Waals surface area contributed by atoms with Gasteiger partial charge in [-0.25, -0.2) is 0 Å². The Bertz CT molecular complexity index is 919. The highest BCUT2D eigenvalue weighted by Crippen LogP contribution is 2.49. The van der Waals surface area contributed by atoms with Gasteiger partial charge < -0.3 is 9.71 Å².